The van der Waals surface area contributed by atoms with Gasteiger partial charge in [0.1, 0.15) is 0 Å². The van der Waals surface area contributed by atoms with Crippen LogP contribution in [-0.4, -0.2) is 9.97 Å². The third-order valence-electron chi connectivity index (χ3n) is 5.38. The lowest BCUT2D eigenvalue weighted by atomic mass is 9.91. The van der Waals surface area contributed by atoms with Gasteiger partial charge in [-0.2, -0.15) is 0 Å². The highest BCUT2D eigenvalue weighted by atomic mass is 14.7. The first-order chi connectivity index (χ1) is 12.4. The van der Waals surface area contributed by atoms with E-state index >= 15 is 0 Å². The van der Waals surface area contributed by atoms with Crippen LogP contribution in [0.2, 0.25) is 0 Å². The molecule has 0 unspecified atom stereocenters. The summed E-state index contributed by atoms with van der Waals surface area (Å²) in [5.74, 6) is 0. The number of aromatic nitrogens is 2. The Morgan fingerprint density at radius 1 is 0.760 bits per heavy atom. The average Bonchev–Trinajstić information content (AvgIpc) is 2.94. The van der Waals surface area contributed by atoms with E-state index in [9.17, 15) is 0 Å². The van der Waals surface area contributed by atoms with Crippen LogP contribution in [0.25, 0.3) is 32.9 Å². The molecule has 0 amide bonds. The van der Waals surface area contributed by atoms with Gasteiger partial charge in [0.05, 0.1) is 11.2 Å². The molecule has 25 heavy (non-hydrogen) atoms. The van der Waals surface area contributed by atoms with Crippen molar-refractivity contribution in [2.75, 3.05) is 0 Å². The summed E-state index contributed by atoms with van der Waals surface area (Å²) in [6.45, 7) is 0. The molecular weight excluding hydrogens is 304 g/mol. The maximum Gasteiger partial charge on any atom is 0.0759 e. The molecular formula is C23H20N2. The zero-order valence-corrected chi connectivity index (χ0v) is 14.2. The van der Waals surface area contributed by atoms with Crippen molar-refractivity contribution in [1.29, 1.82) is 0 Å². The lowest BCUT2D eigenvalue weighted by Gasteiger charge is -2.17. The zero-order valence-electron chi connectivity index (χ0n) is 14.2. The first-order valence-electron chi connectivity index (χ1n) is 9.15. The summed E-state index contributed by atoms with van der Waals surface area (Å²) in [6, 6.07) is 17.2. The quantitative estimate of drug-likeness (QED) is 0.330. The SMILES string of the molecule is c1cncc(-c2nc3ccc4ccccc4c3c3c2CCCCC3)c1. The summed E-state index contributed by atoms with van der Waals surface area (Å²) < 4.78 is 0. The molecule has 0 fully saturated rings. The van der Waals surface area contributed by atoms with Crippen LogP contribution >= 0.6 is 0 Å². The molecule has 5 rings (SSSR count). The van der Waals surface area contributed by atoms with Crippen molar-refractivity contribution in [3.63, 3.8) is 0 Å². The fourth-order valence-electron chi connectivity index (χ4n) is 4.22. The fraction of sp³-hybridized carbons (Fsp3) is 0.217. The number of pyridine rings is 2. The van der Waals surface area contributed by atoms with E-state index in [1.165, 1.54) is 46.5 Å². The molecule has 4 aromatic rings. The summed E-state index contributed by atoms with van der Waals surface area (Å²) in [7, 11) is 0. The minimum absolute atomic E-state index is 1.11. The van der Waals surface area contributed by atoms with Crippen LogP contribution in [0.5, 0.6) is 0 Å². The van der Waals surface area contributed by atoms with E-state index < -0.39 is 0 Å². The van der Waals surface area contributed by atoms with Gasteiger partial charge in [0.25, 0.3) is 0 Å². The number of hydrogen-bond acceptors (Lipinski definition) is 2. The van der Waals surface area contributed by atoms with Crippen molar-refractivity contribution in [3.05, 3.63) is 72.1 Å². The monoisotopic (exact) mass is 324 g/mol. The van der Waals surface area contributed by atoms with Crippen LogP contribution in [0.4, 0.5) is 0 Å². The first-order valence-corrected chi connectivity index (χ1v) is 9.15. The number of nitrogens with zero attached hydrogens (tertiary/aromatic N) is 2. The molecule has 2 nitrogen and oxygen atoms in total. The molecule has 0 spiro atoms. The van der Waals surface area contributed by atoms with Crippen LogP contribution in [0.15, 0.2) is 60.9 Å². The zero-order chi connectivity index (χ0) is 16.6. The summed E-state index contributed by atoms with van der Waals surface area (Å²) >= 11 is 0. The second kappa shape index (κ2) is 5.96. The molecule has 0 saturated carbocycles. The van der Waals surface area contributed by atoms with Crippen molar-refractivity contribution in [1.82, 2.24) is 9.97 Å². The number of fused-ring (bicyclic) bond motifs is 5. The number of rotatable bonds is 1. The number of aryl methyl sites for hydroxylation is 1. The summed E-state index contributed by atoms with van der Waals surface area (Å²) in [5, 5.41) is 4.00. The molecule has 2 heteroatoms. The second-order valence-corrected chi connectivity index (χ2v) is 6.90. The molecule has 2 heterocycles. The highest BCUT2D eigenvalue weighted by Crippen LogP contribution is 2.37. The van der Waals surface area contributed by atoms with Crippen molar-refractivity contribution in [2.24, 2.45) is 0 Å². The lowest BCUT2D eigenvalue weighted by Crippen LogP contribution is -2.01. The van der Waals surface area contributed by atoms with Gasteiger partial charge in [-0.1, -0.05) is 36.8 Å². The van der Waals surface area contributed by atoms with E-state index in [0.717, 1.165) is 29.6 Å². The molecule has 0 radical (unpaired) electrons. The van der Waals surface area contributed by atoms with Gasteiger partial charge in [0.2, 0.25) is 0 Å². The van der Waals surface area contributed by atoms with E-state index in [0.29, 0.717) is 0 Å². The predicted molar refractivity (Wildman–Crippen MR) is 104 cm³/mol. The summed E-state index contributed by atoms with van der Waals surface area (Å²) in [5.41, 5.74) is 6.33. The highest BCUT2D eigenvalue weighted by molar-refractivity contribution is 6.09. The molecule has 0 saturated heterocycles. The van der Waals surface area contributed by atoms with Crippen molar-refractivity contribution in [3.8, 4) is 11.3 Å². The van der Waals surface area contributed by atoms with Crippen LogP contribution in [0.3, 0.4) is 0 Å². The van der Waals surface area contributed by atoms with Gasteiger partial charge in [-0.05, 0) is 65.8 Å². The van der Waals surface area contributed by atoms with Gasteiger partial charge >= 0.3 is 0 Å². The molecule has 0 aliphatic heterocycles. The molecule has 0 bridgehead atoms. The average molecular weight is 324 g/mol. The Hall–Kier alpha value is -2.74. The van der Waals surface area contributed by atoms with E-state index in [1.54, 1.807) is 0 Å². The Labute approximate surface area is 147 Å². The van der Waals surface area contributed by atoms with Gasteiger partial charge < -0.3 is 0 Å². The fourth-order valence-corrected chi connectivity index (χ4v) is 4.22. The van der Waals surface area contributed by atoms with Crippen molar-refractivity contribution in [2.45, 2.75) is 32.1 Å². The van der Waals surface area contributed by atoms with E-state index in [-0.39, 0.29) is 0 Å². The minimum Gasteiger partial charge on any atom is -0.264 e. The van der Waals surface area contributed by atoms with Crippen LogP contribution in [-0.2, 0) is 12.8 Å². The maximum absolute atomic E-state index is 5.11. The smallest absolute Gasteiger partial charge is 0.0759 e. The maximum atomic E-state index is 5.11. The summed E-state index contributed by atoms with van der Waals surface area (Å²) in [4.78, 5) is 9.43. The largest absolute Gasteiger partial charge is 0.264 e. The van der Waals surface area contributed by atoms with E-state index in [4.69, 9.17) is 4.98 Å². The Bertz CT molecular complexity index is 1070. The number of benzene rings is 2. The molecule has 1 aliphatic carbocycles. The van der Waals surface area contributed by atoms with Gasteiger partial charge in [-0.25, -0.2) is 4.98 Å². The van der Waals surface area contributed by atoms with Gasteiger partial charge in [0, 0.05) is 23.3 Å². The van der Waals surface area contributed by atoms with Crippen molar-refractivity contribution < 1.29 is 0 Å². The first kappa shape index (κ1) is 14.6. The molecule has 1 aliphatic rings. The Morgan fingerprint density at radius 3 is 2.52 bits per heavy atom. The normalized spacial score (nSPS) is 14.4. The van der Waals surface area contributed by atoms with Crippen molar-refractivity contribution >= 4 is 21.7 Å². The van der Waals surface area contributed by atoms with Gasteiger partial charge in [-0.3, -0.25) is 4.98 Å². The van der Waals surface area contributed by atoms with Crippen LogP contribution < -0.4 is 0 Å². The minimum atomic E-state index is 1.11. The third kappa shape index (κ3) is 2.41. The highest BCUT2D eigenvalue weighted by Gasteiger charge is 2.19. The Kier molecular flexibility index (Phi) is 3.48. The van der Waals surface area contributed by atoms with Gasteiger partial charge in [0.15, 0.2) is 0 Å². The number of hydrogen-bond donors (Lipinski definition) is 0. The van der Waals surface area contributed by atoms with E-state index in [1.807, 2.05) is 18.5 Å². The van der Waals surface area contributed by atoms with Gasteiger partial charge in [-0.15, -0.1) is 0 Å². The molecule has 2 aromatic heterocycles. The summed E-state index contributed by atoms with van der Waals surface area (Å²) in [6.07, 6.45) is 9.85. The second-order valence-electron chi connectivity index (χ2n) is 6.90. The Balaban J connectivity index is 1.92. The van der Waals surface area contributed by atoms with Crippen LogP contribution in [0, 0.1) is 0 Å². The molecule has 0 atom stereocenters. The standard InChI is InChI=1S/C23H20N2/c1-2-10-19-20(11-3-1)23(17-8-6-14-24-15-17)25-21-13-12-16-7-4-5-9-18(16)22(19)21/h4-9,12-15H,1-3,10-11H2. The van der Waals surface area contributed by atoms with Crippen LogP contribution in [0.1, 0.15) is 30.4 Å². The predicted octanol–water partition coefficient (Wildman–Crippen LogP) is 5.72. The molecule has 122 valence electrons. The molecule has 2 aromatic carbocycles. The third-order valence-corrected chi connectivity index (χ3v) is 5.38. The van der Waals surface area contributed by atoms with E-state index in [2.05, 4.69) is 47.4 Å². The Morgan fingerprint density at radius 2 is 1.64 bits per heavy atom. The lowest BCUT2D eigenvalue weighted by molar-refractivity contribution is 0.712. The molecule has 0 N–H and O–H groups in total. The topological polar surface area (TPSA) is 25.8 Å².